The summed E-state index contributed by atoms with van der Waals surface area (Å²) in [5, 5.41) is 1.82. The van der Waals surface area contributed by atoms with Crippen molar-refractivity contribution >= 4 is 11.6 Å². The fourth-order valence-corrected chi connectivity index (χ4v) is 1.79. The van der Waals surface area contributed by atoms with Gasteiger partial charge in [-0.1, -0.05) is 32.1 Å². The van der Waals surface area contributed by atoms with Gasteiger partial charge in [-0.15, -0.1) is 0 Å². The molecule has 0 atom stereocenters. The smallest absolute Gasteiger partial charge is 0.267 e. The minimum absolute atomic E-state index is 0.0855. The molecule has 0 saturated carbocycles. The van der Waals surface area contributed by atoms with Crippen LogP contribution in [0.4, 0.5) is 5.69 Å². The Morgan fingerprint density at radius 2 is 2.06 bits per heavy atom. The molecule has 1 aliphatic heterocycles. The molecule has 16 heavy (non-hydrogen) atoms. The highest BCUT2D eigenvalue weighted by atomic mass is 16.2. The molecule has 84 valence electrons. The second kappa shape index (κ2) is 4.39. The zero-order chi connectivity index (χ0) is 11.5. The van der Waals surface area contributed by atoms with Crippen LogP contribution in [0.25, 0.3) is 0 Å². The van der Waals surface area contributed by atoms with Crippen LogP contribution in [0.3, 0.4) is 0 Å². The fraction of sp³-hybridized carbons (Fsp3) is 0.308. The average Bonchev–Trinajstić information content (AvgIpc) is 2.61. The first kappa shape index (κ1) is 10.7. The summed E-state index contributed by atoms with van der Waals surface area (Å²) in [6, 6.07) is 8.27. The van der Waals surface area contributed by atoms with E-state index in [4.69, 9.17) is 0 Å². The minimum atomic E-state index is -0.0855. The van der Waals surface area contributed by atoms with Crippen molar-refractivity contribution < 1.29 is 4.79 Å². The number of amides is 1. The zero-order valence-corrected chi connectivity index (χ0v) is 9.49. The lowest BCUT2D eigenvalue weighted by Gasteiger charge is -2.16. The number of aryl methyl sites for hydroxylation is 1. The molecule has 0 spiro atoms. The number of carbonyl (C=O) groups excluding carboxylic acids is 1. The molecule has 0 aromatic heterocycles. The van der Waals surface area contributed by atoms with Crippen LogP contribution in [0.1, 0.15) is 18.9 Å². The van der Waals surface area contributed by atoms with Crippen molar-refractivity contribution in [2.24, 2.45) is 0 Å². The lowest BCUT2D eigenvalue weighted by molar-refractivity contribution is -0.116. The van der Waals surface area contributed by atoms with Gasteiger partial charge in [-0.3, -0.25) is 15.2 Å². The molecule has 1 fully saturated rings. The minimum Gasteiger partial charge on any atom is -0.281 e. The Morgan fingerprint density at radius 3 is 2.56 bits per heavy atom. The summed E-state index contributed by atoms with van der Waals surface area (Å²) in [5.74, 6) is -0.0855. The largest absolute Gasteiger partial charge is 0.281 e. The highest BCUT2D eigenvalue weighted by molar-refractivity contribution is 5.97. The van der Waals surface area contributed by atoms with Crippen molar-refractivity contribution in [3.05, 3.63) is 42.0 Å². The van der Waals surface area contributed by atoms with Crippen LogP contribution >= 0.6 is 0 Å². The first-order valence-electron chi connectivity index (χ1n) is 5.56. The van der Waals surface area contributed by atoms with Gasteiger partial charge in [0.1, 0.15) is 0 Å². The maximum Gasteiger partial charge on any atom is 0.267 e. The van der Waals surface area contributed by atoms with Crippen molar-refractivity contribution in [2.75, 3.05) is 11.6 Å². The predicted octanol–water partition coefficient (Wildman–Crippen LogP) is 2.05. The number of nitrogens with one attached hydrogen (secondary N) is 1. The Hall–Kier alpha value is -1.77. The molecule has 1 heterocycles. The molecule has 1 N–H and O–H groups in total. The van der Waals surface area contributed by atoms with Gasteiger partial charge in [-0.05, 0) is 24.1 Å². The summed E-state index contributed by atoms with van der Waals surface area (Å²) >= 11 is 0. The lowest BCUT2D eigenvalue weighted by atomic mass is 10.1. The summed E-state index contributed by atoms with van der Waals surface area (Å²) in [6.45, 7) is 6.43. The van der Waals surface area contributed by atoms with Crippen LogP contribution < -0.4 is 10.4 Å². The second-order valence-electron chi connectivity index (χ2n) is 4.05. The van der Waals surface area contributed by atoms with Gasteiger partial charge in [0.15, 0.2) is 0 Å². The summed E-state index contributed by atoms with van der Waals surface area (Å²) in [6.07, 6.45) is 2.25. The first-order valence-corrected chi connectivity index (χ1v) is 5.56. The van der Waals surface area contributed by atoms with Crippen molar-refractivity contribution in [1.29, 1.82) is 0 Å². The predicted molar refractivity (Wildman–Crippen MR) is 65.1 cm³/mol. The summed E-state index contributed by atoms with van der Waals surface area (Å²) in [5.41, 5.74) is 5.71. The van der Waals surface area contributed by atoms with Gasteiger partial charge in [0.05, 0.1) is 12.2 Å². The van der Waals surface area contributed by atoms with Crippen LogP contribution in [-0.2, 0) is 11.2 Å². The number of hydrogen-bond acceptors (Lipinski definition) is 2. The van der Waals surface area contributed by atoms with Crippen molar-refractivity contribution in [2.45, 2.75) is 19.8 Å². The number of anilines is 1. The number of rotatable bonds is 3. The van der Waals surface area contributed by atoms with Gasteiger partial charge in [-0.2, -0.15) is 0 Å². The monoisotopic (exact) mass is 216 g/mol. The SMILES string of the molecule is C=C1CN(c2ccc(CCC)cc2)NC1=O. The molecule has 0 unspecified atom stereocenters. The molecule has 2 rings (SSSR count). The van der Waals surface area contributed by atoms with Crippen LogP contribution in [0.15, 0.2) is 36.4 Å². The Balaban J connectivity index is 2.10. The molecule has 0 aliphatic carbocycles. The third-order valence-electron chi connectivity index (χ3n) is 2.69. The number of nitrogens with zero attached hydrogens (tertiary/aromatic N) is 1. The molecule has 1 saturated heterocycles. The molecule has 1 aromatic rings. The number of hydrazine groups is 1. The van der Waals surface area contributed by atoms with Crippen LogP contribution in [0, 0.1) is 0 Å². The van der Waals surface area contributed by atoms with E-state index in [1.54, 1.807) is 0 Å². The van der Waals surface area contributed by atoms with Crippen LogP contribution in [0.2, 0.25) is 0 Å². The van der Waals surface area contributed by atoms with Crippen molar-refractivity contribution in [3.63, 3.8) is 0 Å². The van der Waals surface area contributed by atoms with E-state index in [0.29, 0.717) is 12.1 Å². The van der Waals surface area contributed by atoms with Gasteiger partial charge in [0.2, 0.25) is 0 Å². The summed E-state index contributed by atoms with van der Waals surface area (Å²) in [7, 11) is 0. The van der Waals surface area contributed by atoms with Gasteiger partial charge >= 0.3 is 0 Å². The van der Waals surface area contributed by atoms with E-state index >= 15 is 0 Å². The number of benzene rings is 1. The molecule has 3 heteroatoms. The van der Waals surface area contributed by atoms with Crippen molar-refractivity contribution in [3.8, 4) is 0 Å². The molecule has 0 bridgehead atoms. The molecule has 3 nitrogen and oxygen atoms in total. The molecule has 1 amide bonds. The first-order chi connectivity index (χ1) is 7.70. The Labute approximate surface area is 95.7 Å². The maximum atomic E-state index is 11.3. The molecular weight excluding hydrogens is 200 g/mol. The Kier molecular flexibility index (Phi) is 2.95. The van der Waals surface area contributed by atoms with E-state index in [-0.39, 0.29) is 5.91 Å². The normalized spacial score (nSPS) is 15.4. The molecule has 0 radical (unpaired) electrons. The topological polar surface area (TPSA) is 32.3 Å². The van der Waals surface area contributed by atoms with E-state index < -0.39 is 0 Å². The van der Waals surface area contributed by atoms with E-state index in [0.717, 1.165) is 18.5 Å². The molecular formula is C13H16N2O. The zero-order valence-electron chi connectivity index (χ0n) is 9.49. The standard InChI is InChI=1S/C13H16N2O/c1-3-4-11-5-7-12(8-6-11)15-9-10(2)13(16)14-15/h5-8H,2-4,9H2,1H3,(H,14,16). The molecule has 1 aliphatic rings. The van der Waals surface area contributed by atoms with Crippen LogP contribution in [0.5, 0.6) is 0 Å². The lowest BCUT2D eigenvalue weighted by Crippen LogP contribution is -2.32. The van der Waals surface area contributed by atoms with Crippen LogP contribution in [-0.4, -0.2) is 12.5 Å². The van der Waals surface area contributed by atoms with E-state index in [1.807, 2.05) is 17.1 Å². The third kappa shape index (κ3) is 2.08. The Morgan fingerprint density at radius 1 is 1.38 bits per heavy atom. The average molecular weight is 216 g/mol. The fourth-order valence-electron chi connectivity index (χ4n) is 1.79. The highest BCUT2D eigenvalue weighted by Gasteiger charge is 2.22. The summed E-state index contributed by atoms with van der Waals surface area (Å²) in [4.78, 5) is 11.3. The third-order valence-corrected chi connectivity index (χ3v) is 2.69. The van der Waals surface area contributed by atoms with E-state index in [2.05, 4.69) is 31.1 Å². The van der Waals surface area contributed by atoms with Gasteiger partial charge in [-0.25, -0.2) is 0 Å². The number of hydrogen-bond donors (Lipinski definition) is 1. The van der Waals surface area contributed by atoms with E-state index in [1.165, 1.54) is 5.56 Å². The Bertz CT molecular complexity index is 392. The van der Waals surface area contributed by atoms with Gasteiger partial charge in [0.25, 0.3) is 5.91 Å². The van der Waals surface area contributed by atoms with E-state index in [9.17, 15) is 4.79 Å². The van der Waals surface area contributed by atoms with Gasteiger partial charge < -0.3 is 0 Å². The maximum absolute atomic E-state index is 11.3. The molecule has 1 aromatic carbocycles. The quantitative estimate of drug-likeness (QED) is 0.784. The highest BCUT2D eigenvalue weighted by Crippen LogP contribution is 2.18. The van der Waals surface area contributed by atoms with Gasteiger partial charge in [0, 0.05) is 5.57 Å². The second-order valence-corrected chi connectivity index (χ2v) is 4.05. The number of carbonyl (C=O) groups is 1. The summed E-state index contributed by atoms with van der Waals surface area (Å²) < 4.78 is 0. The van der Waals surface area contributed by atoms with Crippen molar-refractivity contribution in [1.82, 2.24) is 5.43 Å².